The number of hydrogen-bond donors (Lipinski definition) is 0. The third-order valence-electron chi connectivity index (χ3n) is 3.93. The van der Waals surface area contributed by atoms with Gasteiger partial charge >= 0.3 is 5.97 Å². The summed E-state index contributed by atoms with van der Waals surface area (Å²) in [6.45, 7) is 2.88. The fourth-order valence-electron chi connectivity index (χ4n) is 2.56. The first-order valence-corrected chi connectivity index (χ1v) is 8.32. The van der Waals surface area contributed by atoms with Crippen LogP contribution in [0, 0.1) is 6.92 Å². The number of esters is 1. The lowest BCUT2D eigenvalue weighted by Crippen LogP contribution is -2.19. The number of fused-ring (bicyclic) bond motifs is 1. The molecule has 3 aromatic rings. The average molecular weight is 366 g/mol. The summed E-state index contributed by atoms with van der Waals surface area (Å²) in [5.41, 5.74) is 1.97. The summed E-state index contributed by atoms with van der Waals surface area (Å²) in [5.74, 6) is -0.179. The van der Waals surface area contributed by atoms with Crippen molar-refractivity contribution in [1.29, 1.82) is 0 Å². The van der Waals surface area contributed by atoms with Crippen LogP contribution in [-0.2, 0) is 16.1 Å². The van der Waals surface area contributed by atoms with Crippen LogP contribution in [0.5, 0.6) is 5.75 Å². The first-order valence-electron chi connectivity index (χ1n) is 8.32. The Bertz CT molecular complexity index is 1050. The Morgan fingerprint density at radius 3 is 2.56 bits per heavy atom. The quantitative estimate of drug-likeness (QED) is 0.492. The van der Waals surface area contributed by atoms with Gasteiger partial charge in [0.05, 0.1) is 5.69 Å². The van der Waals surface area contributed by atoms with Crippen molar-refractivity contribution >= 4 is 17.4 Å². The molecule has 0 saturated heterocycles. The molecule has 0 N–H and O–H groups in total. The summed E-state index contributed by atoms with van der Waals surface area (Å²) >= 11 is 0. The first kappa shape index (κ1) is 18.3. The van der Waals surface area contributed by atoms with Crippen LogP contribution in [0.1, 0.15) is 28.7 Å². The second-order valence-electron chi connectivity index (χ2n) is 5.98. The molecule has 0 aliphatic carbocycles. The fraction of sp³-hybridized carbons (Fsp3) is 0.200. The Hall–Kier alpha value is -3.48. The molecular weight excluding hydrogens is 348 g/mol. The van der Waals surface area contributed by atoms with Crippen LogP contribution in [-0.4, -0.2) is 27.7 Å². The molecule has 0 aliphatic heterocycles. The number of hydrogen-bond acceptors (Lipinski definition) is 6. The monoisotopic (exact) mass is 366 g/mol. The summed E-state index contributed by atoms with van der Waals surface area (Å²) in [5, 5.41) is 0. The molecule has 3 rings (SSSR count). The Labute approximate surface area is 155 Å². The lowest BCUT2D eigenvalue weighted by atomic mass is 10.1. The van der Waals surface area contributed by atoms with E-state index < -0.39 is 5.97 Å². The zero-order valence-corrected chi connectivity index (χ0v) is 15.0. The van der Waals surface area contributed by atoms with Gasteiger partial charge in [-0.25, -0.2) is 9.78 Å². The number of ketones is 1. The fourth-order valence-corrected chi connectivity index (χ4v) is 2.56. The molecule has 0 aliphatic rings. The van der Waals surface area contributed by atoms with Crippen LogP contribution >= 0.6 is 0 Å². The van der Waals surface area contributed by atoms with E-state index >= 15 is 0 Å². The normalized spacial score (nSPS) is 10.6. The van der Waals surface area contributed by atoms with E-state index in [9.17, 15) is 14.4 Å². The molecule has 2 heterocycles. The van der Waals surface area contributed by atoms with Crippen molar-refractivity contribution in [3.63, 3.8) is 0 Å². The maximum absolute atomic E-state index is 12.2. The average Bonchev–Trinajstić information content (AvgIpc) is 2.65. The third kappa shape index (κ3) is 4.38. The van der Waals surface area contributed by atoms with Gasteiger partial charge < -0.3 is 9.47 Å². The number of nitrogens with zero attached hydrogens (tertiary/aromatic N) is 2. The molecular formula is C20H18N2O5. The van der Waals surface area contributed by atoms with Crippen molar-refractivity contribution in [1.82, 2.24) is 9.38 Å². The van der Waals surface area contributed by atoms with Gasteiger partial charge in [0.15, 0.2) is 12.4 Å². The van der Waals surface area contributed by atoms with E-state index in [2.05, 4.69) is 4.98 Å². The van der Waals surface area contributed by atoms with Crippen molar-refractivity contribution in [2.45, 2.75) is 20.5 Å². The minimum Gasteiger partial charge on any atom is -0.482 e. The number of benzene rings is 1. The molecule has 0 atom stereocenters. The van der Waals surface area contributed by atoms with Gasteiger partial charge in [0.1, 0.15) is 18.0 Å². The Kier molecular flexibility index (Phi) is 5.30. The molecule has 0 saturated carbocycles. The number of ether oxygens (including phenoxy) is 2. The zero-order chi connectivity index (χ0) is 19.4. The molecule has 0 amide bonds. The standard InChI is InChI=1S/C20H18N2O5/c1-13-4-3-5-18-21-16(10-19(24)22(13)18)11-27-20(25)12-26-17-8-6-15(7-9-17)14(2)23/h3-10H,11-12H2,1-2H3. The highest BCUT2D eigenvalue weighted by molar-refractivity contribution is 5.94. The highest BCUT2D eigenvalue weighted by Crippen LogP contribution is 2.12. The van der Waals surface area contributed by atoms with Crippen molar-refractivity contribution < 1.29 is 19.1 Å². The summed E-state index contributed by atoms with van der Waals surface area (Å²) < 4.78 is 11.9. The molecule has 1 aromatic carbocycles. The van der Waals surface area contributed by atoms with Crippen LogP contribution < -0.4 is 10.3 Å². The summed E-state index contributed by atoms with van der Waals surface area (Å²) in [6, 6.07) is 13.1. The Morgan fingerprint density at radius 2 is 1.85 bits per heavy atom. The number of carbonyl (C=O) groups excluding carboxylic acids is 2. The van der Waals surface area contributed by atoms with Crippen molar-refractivity contribution in [3.8, 4) is 5.75 Å². The highest BCUT2D eigenvalue weighted by atomic mass is 16.6. The molecule has 7 heteroatoms. The first-order chi connectivity index (χ1) is 12.9. The Balaban J connectivity index is 1.58. The molecule has 0 unspecified atom stereocenters. The van der Waals surface area contributed by atoms with Crippen LogP contribution in [0.25, 0.3) is 5.65 Å². The molecule has 7 nitrogen and oxygen atoms in total. The summed E-state index contributed by atoms with van der Waals surface area (Å²) in [4.78, 5) is 39.6. The predicted molar refractivity (Wildman–Crippen MR) is 97.9 cm³/mol. The van der Waals surface area contributed by atoms with Crippen LogP contribution in [0.15, 0.2) is 53.3 Å². The minimum atomic E-state index is -0.586. The lowest BCUT2D eigenvalue weighted by Gasteiger charge is -2.08. The topological polar surface area (TPSA) is 87.0 Å². The number of aryl methyl sites for hydroxylation is 1. The number of Topliss-reactive ketones (excluding diaryl/α,β-unsaturated/α-hetero) is 1. The molecule has 0 radical (unpaired) electrons. The SMILES string of the molecule is CC(=O)c1ccc(OCC(=O)OCc2cc(=O)n3c(C)cccc3n2)cc1. The van der Waals surface area contributed by atoms with Crippen LogP contribution in [0.2, 0.25) is 0 Å². The van der Waals surface area contributed by atoms with Crippen molar-refractivity contribution in [2.75, 3.05) is 6.61 Å². The number of carbonyl (C=O) groups is 2. The van der Waals surface area contributed by atoms with Crippen LogP contribution in [0.3, 0.4) is 0 Å². The molecule has 0 bridgehead atoms. The second kappa shape index (κ2) is 7.82. The molecule has 27 heavy (non-hydrogen) atoms. The van der Waals surface area contributed by atoms with Crippen molar-refractivity contribution in [3.05, 3.63) is 75.8 Å². The van der Waals surface area contributed by atoms with Gasteiger partial charge in [-0.3, -0.25) is 14.0 Å². The second-order valence-corrected chi connectivity index (χ2v) is 5.98. The van der Waals surface area contributed by atoms with Crippen LogP contribution in [0.4, 0.5) is 0 Å². The smallest absolute Gasteiger partial charge is 0.344 e. The van der Waals surface area contributed by atoms with E-state index in [0.717, 1.165) is 5.69 Å². The predicted octanol–water partition coefficient (Wildman–Crippen LogP) is 2.33. The molecule has 2 aromatic heterocycles. The number of aromatic nitrogens is 2. The van der Waals surface area contributed by atoms with E-state index in [0.29, 0.717) is 22.7 Å². The van der Waals surface area contributed by atoms with Gasteiger partial charge in [0.25, 0.3) is 5.56 Å². The van der Waals surface area contributed by atoms with E-state index in [4.69, 9.17) is 9.47 Å². The summed E-state index contributed by atoms with van der Waals surface area (Å²) in [7, 11) is 0. The van der Waals surface area contributed by atoms with E-state index in [1.54, 1.807) is 36.4 Å². The number of pyridine rings is 1. The van der Waals surface area contributed by atoms with Crippen molar-refractivity contribution in [2.24, 2.45) is 0 Å². The largest absolute Gasteiger partial charge is 0.482 e. The molecule has 138 valence electrons. The maximum atomic E-state index is 12.2. The number of rotatable bonds is 6. The maximum Gasteiger partial charge on any atom is 0.344 e. The molecule has 0 fully saturated rings. The van der Waals surface area contributed by atoms with Gasteiger partial charge in [0, 0.05) is 17.3 Å². The van der Waals surface area contributed by atoms with Gasteiger partial charge in [-0.1, -0.05) is 6.07 Å². The van der Waals surface area contributed by atoms with E-state index in [1.807, 2.05) is 13.0 Å². The van der Waals surface area contributed by atoms with Gasteiger partial charge in [-0.05, 0) is 50.2 Å². The third-order valence-corrected chi connectivity index (χ3v) is 3.93. The minimum absolute atomic E-state index is 0.0463. The Morgan fingerprint density at radius 1 is 1.11 bits per heavy atom. The van der Waals surface area contributed by atoms with Gasteiger partial charge in [0.2, 0.25) is 0 Å². The summed E-state index contributed by atoms with van der Waals surface area (Å²) in [6.07, 6.45) is 0. The van der Waals surface area contributed by atoms with E-state index in [-0.39, 0.29) is 24.6 Å². The highest BCUT2D eigenvalue weighted by Gasteiger charge is 2.09. The van der Waals surface area contributed by atoms with E-state index in [1.165, 1.54) is 17.4 Å². The van der Waals surface area contributed by atoms with Gasteiger partial charge in [-0.15, -0.1) is 0 Å². The zero-order valence-electron chi connectivity index (χ0n) is 15.0. The molecule has 0 spiro atoms. The lowest BCUT2D eigenvalue weighted by molar-refractivity contribution is -0.147. The van der Waals surface area contributed by atoms with Gasteiger partial charge in [-0.2, -0.15) is 0 Å².